The quantitative estimate of drug-likeness (QED) is 0.509. The maximum Gasteiger partial charge on any atom is 0.312 e. The van der Waals surface area contributed by atoms with Crippen molar-refractivity contribution < 1.29 is 19.2 Å². The molecule has 0 aliphatic carbocycles. The topological polar surface area (TPSA) is 98.5 Å². The number of anilines is 1. The summed E-state index contributed by atoms with van der Waals surface area (Å²) in [6.07, 6.45) is 0.222. The molecule has 2 aromatic rings. The van der Waals surface area contributed by atoms with E-state index in [-0.39, 0.29) is 41.2 Å². The van der Waals surface area contributed by atoms with Crippen molar-refractivity contribution in [3.05, 3.63) is 62.7 Å². The molecule has 3 rings (SSSR count). The summed E-state index contributed by atoms with van der Waals surface area (Å²) in [4.78, 5) is 33.9. The molecule has 0 spiro atoms. The number of nitro benzene ring substituents is 1. The molecule has 7 nitrogen and oxygen atoms in total. The number of nitrogens with zero attached hydrogens (tertiary/aromatic N) is 1. The summed E-state index contributed by atoms with van der Waals surface area (Å²) >= 11 is 5.73. The van der Waals surface area contributed by atoms with Crippen LogP contribution in [0.2, 0.25) is 5.02 Å². The third-order valence-electron chi connectivity index (χ3n) is 3.53. The van der Waals surface area contributed by atoms with Crippen LogP contribution in [0.3, 0.4) is 0 Å². The van der Waals surface area contributed by atoms with E-state index in [1.54, 1.807) is 18.2 Å². The Balaban J connectivity index is 1.74. The van der Waals surface area contributed by atoms with Gasteiger partial charge >= 0.3 is 5.69 Å². The molecule has 8 heteroatoms. The minimum atomic E-state index is -0.627. The van der Waals surface area contributed by atoms with E-state index in [0.717, 1.165) is 11.6 Å². The van der Waals surface area contributed by atoms with Crippen LogP contribution >= 0.6 is 11.6 Å². The molecule has 1 heterocycles. The molecular formula is C16H11ClN2O5. The van der Waals surface area contributed by atoms with E-state index in [9.17, 15) is 19.7 Å². The van der Waals surface area contributed by atoms with E-state index < -0.39 is 4.92 Å². The first-order valence-corrected chi connectivity index (χ1v) is 7.34. The number of carbonyl (C=O) groups is 2. The summed E-state index contributed by atoms with van der Waals surface area (Å²) in [6, 6.07) is 8.80. The highest BCUT2D eigenvalue weighted by atomic mass is 35.5. The van der Waals surface area contributed by atoms with Crippen molar-refractivity contribution in [3.8, 4) is 5.75 Å². The normalized spacial score (nSPS) is 12.5. The van der Waals surface area contributed by atoms with Gasteiger partial charge in [0.1, 0.15) is 0 Å². The molecule has 1 amide bonds. The lowest BCUT2D eigenvalue weighted by Crippen LogP contribution is -2.12. The van der Waals surface area contributed by atoms with Gasteiger partial charge < -0.3 is 10.1 Å². The van der Waals surface area contributed by atoms with Crippen molar-refractivity contribution >= 4 is 34.7 Å². The fourth-order valence-corrected chi connectivity index (χ4v) is 2.55. The van der Waals surface area contributed by atoms with E-state index in [2.05, 4.69) is 5.32 Å². The summed E-state index contributed by atoms with van der Waals surface area (Å²) < 4.78 is 5.28. The van der Waals surface area contributed by atoms with Crippen LogP contribution in [0.5, 0.6) is 5.75 Å². The summed E-state index contributed by atoms with van der Waals surface area (Å²) in [7, 11) is 0. The Morgan fingerprint density at radius 2 is 2.08 bits per heavy atom. The zero-order chi connectivity index (χ0) is 17.3. The smallest absolute Gasteiger partial charge is 0.312 e. The average Bonchev–Trinajstić information content (AvgIpc) is 2.92. The van der Waals surface area contributed by atoms with E-state index in [1.807, 2.05) is 0 Å². The Hall–Kier alpha value is -2.93. The van der Waals surface area contributed by atoms with Crippen molar-refractivity contribution in [1.82, 2.24) is 0 Å². The molecular weight excluding hydrogens is 336 g/mol. The maximum absolute atomic E-state index is 12.2. The molecule has 2 aromatic carbocycles. The second-order valence-corrected chi connectivity index (χ2v) is 5.61. The molecule has 1 N–H and O–H groups in total. The van der Waals surface area contributed by atoms with Gasteiger partial charge in [-0.25, -0.2) is 0 Å². The van der Waals surface area contributed by atoms with E-state index >= 15 is 0 Å². The standard InChI is InChI=1S/C16H11ClN2O5/c17-11-2-4-15(13(7-11)19(22)23)24-8-14(20)9-1-3-12-10(5-9)6-16(21)18-12/h1-5,7H,6,8H2,(H,18,21). The van der Waals surface area contributed by atoms with Crippen LogP contribution in [-0.4, -0.2) is 23.2 Å². The highest BCUT2D eigenvalue weighted by molar-refractivity contribution is 6.30. The monoisotopic (exact) mass is 346 g/mol. The molecule has 0 saturated carbocycles. The number of carbonyl (C=O) groups excluding carboxylic acids is 2. The number of ketones is 1. The number of nitrogens with one attached hydrogen (secondary N) is 1. The average molecular weight is 347 g/mol. The molecule has 24 heavy (non-hydrogen) atoms. The highest BCUT2D eigenvalue weighted by Crippen LogP contribution is 2.30. The summed E-state index contributed by atoms with van der Waals surface area (Å²) in [5.74, 6) is -0.500. The van der Waals surface area contributed by atoms with Crippen molar-refractivity contribution in [2.75, 3.05) is 11.9 Å². The Kier molecular flexibility index (Phi) is 4.18. The molecule has 0 radical (unpaired) electrons. The molecule has 0 bridgehead atoms. The van der Waals surface area contributed by atoms with Gasteiger partial charge in [0.2, 0.25) is 5.91 Å². The summed E-state index contributed by atoms with van der Waals surface area (Å²) in [6.45, 7) is -0.358. The zero-order valence-corrected chi connectivity index (χ0v) is 13.0. The maximum atomic E-state index is 12.2. The number of amides is 1. The summed E-state index contributed by atoms with van der Waals surface area (Å²) in [5.41, 5.74) is 1.50. The van der Waals surface area contributed by atoms with Crippen LogP contribution in [0.4, 0.5) is 11.4 Å². The number of ether oxygens (including phenoxy) is 1. The minimum Gasteiger partial charge on any atom is -0.478 e. The van der Waals surface area contributed by atoms with E-state index in [4.69, 9.17) is 16.3 Å². The molecule has 0 fully saturated rings. The van der Waals surface area contributed by atoms with Crippen LogP contribution in [0.25, 0.3) is 0 Å². The third kappa shape index (κ3) is 3.21. The number of fused-ring (bicyclic) bond motifs is 1. The van der Waals surface area contributed by atoms with Gasteiger partial charge in [0.05, 0.1) is 11.3 Å². The molecule has 0 aromatic heterocycles. The summed E-state index contributed by atoms with van der Waals surface area (Å²) in [5, 5.41) is 13.9. The zero-order valence-electron chi connectivity index (χ0n) is 12.2. The number of Topliss-reactive ketones (excluding diaryl/α,β-unsaturated/α-hetero) is 1. The lowest BCUT2D eigenvalue weighted by molar-refractivity contribution is -0.385. The van der Waals surface area contributed by atoms with Gasteiger partial charge in [-0.05, 0) is 35.9 Å². The lowest BCUT2D eigenvalue weighted by atomic mass is 10.1. The number of hydrogen-bond acceptors (Lipinski definition) is 5. The van der Waals surface area contributed by atoms with Crippen LogP contribution < -0.4 is 10.1 Å². The number of rotatable bonds is 5. The second-order valence-electron chi connectivity index (χ2n) is 5.18. The molecule has 0 unspecified atom stereocenters. The fourth-order valence-electron chi connectivity index (χ4n) is 2.38. The lowest BCUT2D eigenvalue weighted by Gasteiger charge is -2.07. The molecule has 1 aliphatic heterocycles. The first-order valence-electron chi connectivity index (χ1n) is 6.97. The van der Waals surface area contributed by atoms with Gasteiger partial charge in [-0.1, -0.05) is 11.6 Å². The highest BCUT2D eigenvalue weighted by Gasteiger charge is 2.20. The van der Waals surface area contributed by atoms with Gasteiger partial charge in [-0.15, -0.1) is 0 Å². The van der Waals surface area contributed by atoms with Crippen molar-refractivity contribution in [1.29, 1.82) is 0 Å². The largest absolute Gasteiger partial charge is 0.478 e. The number of hydrogen-bond donors (Lipinski definition) is 1. The predicted molar refractivity (Wildman–Crippen MR) is 86.7 cm³/mol. The van der Waals surface area contributed by atoms with Crippen molar-refractivity contribution in [3.63, 3.8) is 0 Å². The van der Waals surface area contributed by atoms with Gasteiger partial charge in [0.25, 0.3) is 0 Å². The Morgan fingerprint density at radius 1 is 1.29 bits per heavy atom. The van der Waals surface area contributed by atoms with Crippen LogP contribution in [0.1, 0.15) is 15.9 Å². The van der Waals surface area contributed by atoms with Gasteiger partial charge in [0, 0.05) is 22.3 Å². The van der Waals surface area contributed by atoms with Crippen molar-refractivity contribution in [2.45, 2.75) is 6.42 Å². The minimum absolute atomic E-state index is 0.0317. The van der Waals surface area contributed by atoms with Crippen LogP contribution in [-0.2, 0) is 11.2 Å². The number of nitro groups is 1. The first kappa shape index (κ1) is 15.9. The van der Waals surface area contributed by atoms with Gasteiger partial charge in [0.15, 0.2) is 18.1 Å². The van der Waals surface area contributed by atoms with E-state index in [0.29, 0.717) is 11.3 Å². The second kappa shape index (κ2) is 6.29. The fraction of sp³-hybridized carbons (Fsp3) is 0.125. The number of benzene rings is 2. The molecule has 0 atom stereocenters. The third-order valence-corrected chi connectivity index (χ3v) is 3.76. The Labute approximate surface area is 141 Å². The SMILES string of the molecule is O=C1Cc2cc(C(=O)COc3ccc(Cl)cc3[N+](=O)[O-])ccc2N1. The number of halogens is 1. The van der Waals surface area contributed by atoms with Crippen LogP contribution in [0, 0.1) is 10.1 Å². The Morgan fingerprint density at radius 3 is 2.83 bits per heavy atom. The molecule has 0 saturated heterocycles. The molecule has 1 aliphatic rings. The first-order chi connectivity index (χ1) is 11.4. The van der Waals surface area contributed by atoms with E-state index in [1.165, 1.54) is 12.1 Å². The van der Waals surface area contributed by atoms with Gasteiger partial charge in [-0.2, -0.15) is 0 Å². The van der Waals surface area contributed by atoms with Crippen LogP contribution in [0.15, 0.2) is 36.4 Å². The Bertz CT molecular complexity index is 866. The molecule has 122 valence electrons. The van der Waals surface area contributed by atoms with Crippen molar-refractivity contribution in [2.24, 2.45) is 0 Å². The predicted octanol–water partition coefficient (Wildman–Crippen LogP) is 3.00. The van der Waals surface area contributed by atoms with Gasteiger partial charge in [-0.3, -0.25) is 19.7 Å².